The van der Waals surface area contributed by atoms with Crippen LogP contribution < -0.4 is 10.1 Å². The summed E-state index contributed by atoms with van der Waals surface area (Å²) < 4.78 is 5.74. The second-order valence-electron chi connectivity index (χ2n) is 7.20. The van der Waals surface area contributed by atoms with E-state index >= 15 is 0 Å². The maximum atomic E-state index is 11.0. The fourth-order valence-electron chi connectivity index (χ4n) is 2.86. The van der Waals surface area contributed by atoms with Gasteiger partial charge in [-0.05, 0) is 48.1 Å². The Morgan fingerprint density at radius 1 is 1.33 bits per heavy atom. The highest BCUT2D eigenvalue weighted by Crippen LogP contribution is 2.28. The number of aromatic nitrogens is 1. The summed E-state index contributed by atoms with van der Waals surface area (Å²) in [5.41, 5.74) is 1.02. The van der Waals surface area contributed by atoms with Crippen molar-refractivity contribution in [1.82, 2.24) is 4.98 Å². The number of hydrogen-bond acceptors (Lipinski definition) is 5. The number of pyridine rings is 1. The molecule has 6 heteroatoms. The van der Waals surface area contributed by atoms with E-state index in [1.165, 1.54) is 0 Å². The van der Waals surface area contributed by atoms with Gasteiger partial charge in [0.15, 0.2) is 0 Å². The van der Waals surface area contributed by atoms with Crippen molar-refractivity contribution in [3.8, 4) is 11.8 Å². The zero-order chi connectivity index (χ0) is 19.7. The van der Waals surface area contributed by atoms with Crippen molar-refractivity contribution in [3.63, 3.8) is 0 Å². The number of hydrogen-bond donors (Lipinski definition) is 2. The molecule has 0 radical (unpaired) electrons. The lowest BCUT2D eigenvalue weighted by Crippen LogP contribution is -2.19. The van der Waals surface area contributed by atoms with Crippen LogP contribution in [-0.4, -0.2) is 29.2 Å². The summed E-state index contributed by atoms with van der Waals surface area (Å²) >= 11 is 0. The Balaban J connectivity index is 1.86. The van der Waals surface area contributed by atoms with Crippen LogP contribution >= 0.6 is 0 Å². The Kier molecular flexibility index (Phi) is 7.18. The molecule has 2 aromatic rings. The molecule has 0 aliphatic heterocycles. The largest absolute Gasteiger partial charge is 0.492 e. The molecular formula is C21H25N3O3. The molecule has 0 atom stereocenters. The maximum Gasteiger partial charge on any atom is 0.303 e. The molecule has 0 spiro atoms. The molecule has 0 aliphatic carbocycles. The van der Waals surface area contributed by atoms with Crippen LogP contribution in [0.3, 0.4) is 0 Å². The first-order valence-electron chi connectivity index (χ1n) is 8.92. The predicted molar refractivity (Wildman–Crippen MR) is 104 cm³/mol. The minimum Gasteiger partial charge on any atom is -0.492 e. The molecule has 0 saturated carbocycles. The van der Waals surface area contributed by atoms with Gasteiger partial charge in [0.2, 0.25) is 0 Å². The molecule has 0 saturated heterocycles. The number of benzene rings is 1. The van der Waals surface area contributed by atoms with Crippen LogP contribution in [0, 0.1) is 16.7 Å². The monoisotopic (exact) mass is 367 g/mol. The fourth-order valence-corrected chi connectivity index (χ4v) is 2.86. The van der Waals surface area contributed by atoms with Crippen LogP contribution in [0.25, 0.3) is 0 Å². The molecule has 0 fully saturated rings. The van der Waals surface area contributed by atoms with E-state index in [0.717, 1.165) is 24.3 Å². The standard InChI is InChI=1S/C21H25N3O3/c1-21(2,14-20(25)26)13-16-7-8-18(17(12-16)15-22)27-11-5-10-24-19-6-3-4-9-23-19/h3-4,6-9,12H,5,10-11,13-14H2,1-2H3,(H,23,24)(H,25,26). The zero-order valence-corrected chi connectivity index (χ0v) is 15.7. The number of carboxylic acids is 1. The number of aliphatic carboxylic acids is 1. The molecule has 1 aromatic heterocycles. The third-order valence-electron chi connectivity index (χ3n) is 4.03. The van der Waals surface area contributed by atoms with Gasteiger partial charge in [0, 0.05) is 12.7 Å². The van der Waals surface area contributed by atoms with Gasteiger partial charge in [-0.25, -0.2) is 4.98 Å². The van der Waals surface area contributed by atoms with E-state index in [1.807, 2.05) is 38.1 Å². The predicted octanol–water partition coefficient (Wildman–Crippen LogP) is 3.88. The van der Waals surface area contributed by atoms with Gasteiger partial charge in [-0.1, -0.05) is 26.0 Å². The molecule has 2 rings (SSSR count). The van der Waals surface area contributed by atoms with Crippen LogP contribution in [0.1, 0.15) is 37.8 Å². The van der Waals surface area contributed by atoms with Gasteiger partial charge in [0.1, 0.15) is 17.6 Å². The SMILES string of the molecule is CC(C)(CC(=O)O)Cc1ccc(OCCCNc2ccccn2)c(C#N)c1. The lowest BCUT2D eigenvalue weighted by molar-refractivity contribution is -0.139. The highest BCUT2D eigenvalue weighted by molar-refractivity contribution is 5.67. The summed E-state index contributed by atoms with van der Waals surface area (Å²) in [7, 11) is 0. The second-order valence-corrected chi connectivity index (χ2v) is 7.20. The Morgan fingerprint density at radius 2 is 2.15 bits per heavy atom. The molecule has 6 nitrogen and oxygen atoms in total. The number of nitriles is 1. The van der Waals surface area contributed by atoms with Gasteiger partial charge in [0.25, 0.3) is 0 Å². The molecule has 2 N–H and O–H groups in total. The quantitative estimate of drug-likeness (QED) is 0.619. The van der Waals surface area contributed by atoms with Crippen molar-refractivity contribution >= 4 is 11.8 Å². The fraction of sp³-hybridized carbons (Fsp3) is 0.381. The number of anilines is 1. The summed E-state index contributed by atoms with van der Waals surface area (Å²) in [4.78, 5) is 15.1. The van der Waals surface area contributed by atoms with E-state index in [2.05, 4.69) is 16.4 Å². The minimum absolute atomic E-state index is 0.0798. The first-order chi connectivity index (χ1) is 12.9. The summed E-state index contributed by atoms with van der Waals surface area (Å²) in [5, 5.41) is 21.6. The number of carbonyl (C=O) groups is 1. The van der Waals surface area contributed by atoms with Crippen LogP contribution in [0.2, 0.25) is 0 Å². The van der Waals surface area contributed by atoms with Crippen molar-refractivity contribution in [3.05, 3.63) is 53.7 Å². The Morgan fingerprint density at radius 3 is 2.81 bits per heavy atom. The van der Waals surface area contributed by atoms with E-state index in [0.29, 0.717) is 24.3 Å². The first-order valence-corrected chi connectivity index (χ1v) is 8.92. The lowest BCUT2D eigenvalue weighted by atomic mass is 9.82. The molecule has 0 aliphatic rings. The topological polar surface area (TPSA) is 95.2 Å². The molecule has 1 aromatic carbocycles. The highest BCUT2D eigenvalue weighted by Gasteiger charge is 2.22. The van der Waals surface area contributed by atoms with Crippen molar-refractivity contribution in [1.29, 1.82) is 5.26 Å². The van der Waals surface area contributed by atoms with Gasteiger partial charge in [0.05, 0.1) is 18.6 Å². The van der Waals surface area contributed by atoms with Gasteiger partial charge in [-0.3, -0.25) is 4.79 Å². The molecular weight excluding hydrogens is 342 g/mol. The van der Waals surface area contributed by atoms with E-state index in [-0.39, 0.29) is 11.8 Å². The molecule has 142 valence electrons. The molecule has 27 heavy (non-hydrogen) atoms. The van der Waals surface area contributed by atoms with Gasteiger partial charge >= 0.3 is 5.97 Å². The van der Waals surface area contributed by atoms with E-state index in [9.17, 15) is 10.1 Å². The van der Waals surface area contributed by atoms with Crippen LogP contribution in [0.15, 0.2) is 42.6 Å². The van der Waals surface area contributed by atoms with Gasteiger partial charge < -0.3 is 15.2 Å². The smallest absolute Gasteiger partial charge is 0.303 e. The van der Waals surface area contributed by atoms with E-state index < -0.39 is 5.97 Å². The summed E-state index contributed by atoms with van der Waals surface area (Å²) in [6, 6.07) is 13.3. The molecule has 1 heterocycles. The number of nitrogens with zero attached hydrogens (tertiary/aromatic N) is 2. The van der Waals surface area contributed by atoms with Crippen molar-refractivity contribution in [2.45, 2.75) is 33.1 Å². The maximum absolute atomic E-state index is 11.0. The highest BCUT2D eigenvalue weighted by atomic mass is 16.5. The van der Waals surface area contributed by atoms with Gasteiger partial charge in [-0.2, -0.15) is 5.26 Å². The van der Waals surface area contributed by atoms with Crippen LogP contribution in [0.4, 0.5) is 5.82 Å². The Bertz CT molecular complexity index is 798. The zero-order valence-electron chi connectivity index (χ0n) is 15.7. The van der Waals surface area contributed by atoms with Crippen molar-refractivity contribution < 1.29 is 14.6 Å². The second kappa shape index (κ2) is 9.58. The van der Waals surface area contributed by atoms with Crippen LogP contribution in [-0.2, 0) is 11.2 Å². The first kappa shape index (κ1) is 20.2. The Labute approximate surface area is 159 Å². The average molecular weight is 367 g/mol. The number of rotatable bonds is 10. The van der Waals surface area contributed by atoms with Crippen molar-refractivity contribution in [2.75, 3.05) is 18.5 Å². The number of ether oxygens (including phenoxy) is 1. The number of nitrogens with one attached hydrogen (secondary N) is 1. The van der Waals surface area contributed by atoms with Crippen molar-refractivity contribution in [2.24, 2.45) is 5.41 Å². The molecule has 0 unspecified atom stereocenters. The number of carboxylic acid groups (broad SMARTS) is 1. The Hall–Kier alpha value is -3.07. The summed E-state index contributed by atoms with van der Waals surface area (Å²) in [6.07, 6.45) is 3.17. The van der Waals surface area contributed by atoms with Crippen LogP contribution in [0.5, 0.6) is 5.75 Å². The average Bonchev–Trinajstić information content (AvgIpc) is 2.61. The normalized spacial score (nSPS) is 10.9. The third-order valence-corrected chi connectivity index (χ3v) is 4.03. The van der Waals surface area contributed by atoms with E-state index in [4.69, 9.17) is 9.84 Å². The molecule has 0 amide bonds. The lowest BCUT2D eigenvalue weighted by Gasteiger charge is -2.22. The summed E-state index contributed by atoms with van der Waals surface area (Å²) in [5.74, 6) is 0.554. The molecule has 0 bridgehead atoms. The minimum atomic E-state index is -0.820. The third kappa shape index (κ3) is 6.98. The van der Waals surface area contributed by atoms with Gasteiger partial charge in [-0.15, -0.1) is 0 Å². The van der Waals surface area contributed by atoms with E-state index in [1.54, 1.807) is 18.3 Å². The summed E-state index contributed by atoms with van der Waals surface area (Å²) in [6.45, 7) is 5.02.